The average molecular weight is 366 g/mol. The van der Waals surface area contributed by atoms with Gasteiger partial charge in [-0.2, -0.15) is 0 Å². The van der Waals surface area contributed by atoms with E-state index in [1.165, 1.54) is 55.4 Å². The zero-order valence-electron chi connectivity index (χ0n) is 16.4. The molecule has 2 amide bonds. The zero-order chi connectivity index (χ0) is 21.0. The highest BCUT2D eigenvalue weighted by molar-refractivity contribution is 6.02. The van der Waals surface area contributed by atoms with Gasteiger partial charge in [-0.25, -0.2) is 0 Å². The number of ketones is 1. The van der Waals surface area contributed by atoms with E-state index in [-0.39, 0.29) is 0 Å². The van der Waals surface area contributed by atoms with Crippen LogP contribution < -0.4 is 10.6 Å². The molecule has 0 spiro atoms. The first-order valence-corrected chi connectivity index (χ1v) is 7.86. The van der Waals surface area contributed by atoms with Crippen LogP contribution in [0.2, 0.25) is 0 Å². The summed E-state index contributed by atoms with van der Waals surface area (Å²) in [6, 6.07) is 0. The van der Waals surface area contributed by atoms with E-state index < -0.39 is 39.8 Å². The van der Waals surface area contributed by atoms with Crippen molar-refractivity contribution in [1.82, 2.24) is 10.6 Å². The number of rotatable bonds is 8. The molecule has 11 nitrogen and oxygen atoms in total. The van der Waals surface area contributed by atoms with Gasteiger partial charge in [-0.1, -0.05) is 10.2 Å². The van der Waals surface area contributed by atoms with Crippen molar-refractivity contribution in [3.63, 3.8) is 0 Å². The predicted molar refractivity (Wildman–Crippen MR) is 95.9 cm³/mol. The molecule has 0 saturated heterocycles. The highest BCUT2D eigenvalue weighted by Crippen LogP contribution is 2.20. The van der Waals surface area contributed by atoms with Gasteiger partial charge < -0.3 is 10.6 Å². The van der Waals surface area contributed by atoms with Crippen molar-refractivity contribution < 1.29 is 14.4 Å². The molecule has 11 heteroatoms. The summed E-state index contributed by atoms with van der Waals surface area (Å²) in [6.07, 6.45) is 0. The molecule has 0 aliphatic heterocycles. The van der Waals surface area contributed by atoms with Crippen molar-refractivity contribution in [2.75, 3.05) is 0 Å². The topological polar surface area (TPSA) is 173 Å². The molecule has 2 N–H and O–H groups in total. The first kappa shape index (κ1) is 23.2. The molecule has 0 rings (SSSR count). The Morgan fingerprint density at radius 3 is 1.19 bits per heavy atom. The lowest BCUT2D eigenvalue weighted by molar-refractivity contribution is -0.139. The first-order valence-electron chi connectivity index (χ1n) is 7.86. The van der Waals surface area contributed by atoms with Gasteiger partial charge in [0.05, 0.1) is 11.1 Å². The van der Waals surface area contributed by atoms with Crippen molar-refractivity contribution >= 4 is 17.6 Å². The Hall–Kier alpha value is -2.77. The van der Waals surface area contributed by atoms with E-state index in [1.54, 1.807) is 0 Å². The fourth-order valence-electron chi connectivity index (χ4n) is 2.08. The van der Waals surface area contributed by atoms with Crippen LogP contribution in [0.3, 0.4) is 0 Å². The summed E-state index contributed by atoms with van der Waals surface area (Å²) in [5.74, 6) is -1.75. The van der Waals surface area contributed by atoms with E-state index >= 15 is 0 Å². The Morgan fingerprint density at radius 1 is 0.692 bits per heavy atom. The lowest BCUT2D eigenvalue weighted by Gasteiger charge is -2.37. The highest BCUT2D eigenvalue weighted by atomic mass is 16.2. The van der Waals surface area contributed by atoms with Crippen LogP contribution in [0, 0.1) is 0 Å². The standard InChI is InChI=1S/C15H26N8O3/c1-12(2,18-10(25)14(5,6)20-22-16)9(24)13(3,4)19-11(26)15(7,8)21-23-17/h1-8H3,(H,18,25)(H,19,26). The number of amides is 2. The molecule has 0 unspecified atom stereocenters. The Labute approximate surface area is 152 Å². The zero-order valence-corrected chi connectivity index (χ0v) is 16.4. The van der Waals surface area contributed by atoms with Crippen molar-refractivity contribution in [2.24, 2.45) is 10.2 Å². The second kappa shape index (κ2) is 7.63. The van der Waals surface area contributed by atoms with Gasteiger partial charge in [0.1, 0.15) is 11.1 Å². The third-order valence-electron chi connectivity index (χ3n) is 3.69. The van der Waals surface area contributed by atoms with E-state index in [2.05, 4.69) is 30.7 Å². The molecule has 0 aliphatic carbocycles. The molecule has 0 atom stereocenters. The van der Waals surface area contributed by atoms with Gasteiger partial charge in [-0.3, -0.25) is 14.4 Å². The van der Waals surface area contributed by atoms with Crippen molar-refractivity contribution in [2.45, 2.75) is 77.5 Å². The average Bonchev–Trinajstić information content (AvgIpc) is 2.45. The van der Waals surface area contributed by atoms with Gasteiger partial charge >= 0.3 is 0 Å². The number of carbonyl (C=O) groups is 3. The molecule has 0 aromatic rings. The molecule has 0 fully saturated rings. The summed E-state index contributed by atoms with van der Waals surface area (Å²) in [7, 11) is 0. The number of carbonyl (C=O) groups excluding carboxylic acids is 3. The Balaban J connectivity index is 5.47. The SMILES string of the molecule is CC(C)(N=[N+]=[N-])C(=O)NC(C)(C)C(=O)C(C)(C)NC(=O)C(C)(C)N=[N+]=[N-]. The summed E-state index contributed by atoms with van der Waals surface area (Å²) in [5, 5.41) is 11.9. The molecule has 0 bridgehead atoms. The summed E-state index contributed by atoms with van der Waals surface area (Å²) in [5.41, 5.74) is 11.6. The quantitative estimate of drug-likeness (QED) is 0.382. The normalized spacial score (nSPS) is 12.3. The van der Waals surface area contributed by atoms with Crippen LogP contribution in [-0.2, 0) is 14.4 Å². The molecule has 0 saturated carbocycles. The van der Waals surface area contributed by atoms with Gasteiger partial charge in [-0.15, -0.1) is 0 Å². The van der Waals surface area contributed by atoms with Crippen molar-refractivity contribution in [1.29, 1.82) is 0 Å². The van der Waals surface area contributed by atoms with Crippen molar-refractivity contribution in [3.8, 4) is 0 Å². The molecular weight excluding hydrogens is 340 g/mol. The molecule has 0 aliphatic rings. The van der Waals surface area contributed by atoms with Crippen LogP contribution >= 0.6 is 0 Å². The predicted octanol–water partition coefficient (Wildman–Crippen LogP) is 2.52. The molecule has 144 valence electrons. The van der Waals surface area contributed by atoms with Gasteiger partial charge in [0.15, 0.2) is 5.78 Å². The van der Waals surface area contributed by atoms with E-state index in [4.69, 9.17) is 11.1 Å². The molecule has 0 radical (unpaired) electrons. The van der Waals surface area contributed by atoms with Crippen LogP contribution in [0.25, 0.3) is 20.9 Å². The van der Waals surface area contributed by atoms with Crippen LogP contribution in [0.15, 0.2) is 10.2 Å². The van der Waals surface area contributed by atoms with Gasteiger partial charge in [0, 0.05) is 9.82 Å². The maximum Gasteiger partial charge on any atom is 0.232 e. The number of hydrogen-bond donors (Lipinski definition) is 2. The highest BCUT2D eigenvalue weighted by Gasteiger charge is 2.44. The minimum atomic E-state index is -1.39. The fraction of sp³-hybridized carbons (Fsp3) is 0.800. The number of nitrogens with one attached hydrogen (secondary N) is 2. The minimum absolute atomic E-state index is 0.486. The van der Waals surface area contributed by atoms with Crippen LogP contribution in [0.1, 0.15) is 55.4 Å². The van der Waals surface area contributed by atoms with E-state index in [1.807, 2.05) is 0 Å². The summed E-state index contributed by atoms with van der Waals surface area (Å²) in [4.78, 5) is 42.7. The maximum atomic E-state index is 12.9. The van der Waals surface area contributed by atoms with E-state index in [9.17, 15) is 14.4 Å². The fourth-order valence-corrected chi connectivity index (χ4v) is 2.08. The third-order valence-corrected chi connectivity index (χ3v) is 3.69. The second-order valence-corrected chi connectivity index (χ2v) is 7.98. The number of Topliss-reactive ketones (excluding diaryl/α,β-unsaturated/α-hetero) is 1. The largest absolute Gasteiger partial charge is 0.343 e. The monoisotopic (exact) mass is 366 g/mol. The first-order chi connectivity index (χ1) is 11.5. The Kier molecular flexibility index (Phi) is 6.82. The van der Waals surface area contributed by atoms with Gasteiger partial charge in [0.25, 0.3) is 0 Å². The lowest BCUT2D eigenvalue weighted by atomic mass is 9.83. The van der Waals surface area contributed by atoms with Gasteiger partial charge in [-0.05, 0) is 66.5 Å². The third kappa shape index (κ3) is 5.65. The maximum absolute atomic E-state index is 12.9. The van der Waals surface area contributed by atoms with Crippen molar-refractivity contribution in [3.05, 3.63) is 20.9 Å². The van der Waals surface area contributed by atoms with Crippen LogP contribution in [0.4, 0.5) is 0 Å². The number of nitrogens with zero attached hydrogens (tertiary/aromatic N) is 6. The second-order valence-electron chi connectivity index (χ2n) is 7.98. The molecule has 0 aromatic heterocycles. The van der Waals surface area contributed by atoms with E-state index in [0.29, 0.717) is 0 Å². The summed E-state index contributed by atoms with van der Waals surface area (Å²) in [6.45, 7) is 11.6. The Morgan fingerprint density at radius 2 is 0.962 bits per heavy atom. The number of azide groups is 2. The lowest BCUT2D eigenvalue weighted by Crippen LogP contribution is -2.65. The van der Waals surface area contributed by atoms with E-state index in [0.717, 1.165) is 0 Å². The smallest absolute Gasteiger partial charge is 0.232 e. The summed E-state index contributed by atoms with van der Waals surface area (Å²) >= 11 is 0. The molecular formula is C15H26N8O3. The Bertz CT molecular complexity index is 638. The minimum Gasteiger partial charge on any atom is -0.343 e. The molecule has 0 heterocycles. The number of hydrogen-bond acceptors (Lipinski definition) is 5. The molecule has 0 aromatic carbocycles. The van der Waals surface area contributed by atoms with Crippen LogP contribution in [0.5, 0.6) is 0 Å². The summed E-state index contributed by atoms with van der Waals surface area (Å²) < 4.78 is 0. The van der Waals surface area contributed by atoms with Crippen LogP contribution in [-0.4, -0.2) is 39.8 Å². The molecule has 26 heavy (non-hydrogen) atoms. The van der Waals surface area contributed by atoms with Gasteiger partial charge in [0.2, 0.25) is 11.8 Å².